The summed E-state index contributed by atoms with van der Waals surface area (Å²) in [7, 11) is 0. The average Bonchev–Trinajstić information content (AvgIpc) is 2.98. The highest BCUT2D eigenvalue weighted by Gasteiger charge is 2.13. The molecule has 2 heterocycles. The van der Waals surface area contributed by atoms with Gasteiger partial charge in [0, 0.05) is 11.6 Å². The standard InChI is InChI=1S/C15H10BrN3O2S/c16-13-6-5-12(22-13)15(21)19-18-14(20)10-7-8-17-11-4-2-1-3-9(10)11/h1-8H,(H,18,20)(H,19,21). The largest absolute Gasteiger partial charge is 0.279 e. The van der Waals surface area contributed by atoms with Crippen molar-refractivity contribution in [3.63, 3.8) is 0 Å². The molecule has 0 aliphatic carbocycles. The van der Waals surface area contributed by atoms with Crippen molar-refractivity contribution in [1.29, 1.82) is 0 Å². The van der Waals surface area contributed by atoms with Gasteiger partial charge in [0.25, 0.3) is 11.8 Å². The zero-order valence-electron chi connectivity index (χ0n) is 11.2. The first-order valence-electron chi connectivity index (χ1n) is 6.35. The fourth-order valence-electron chi connectivity index (χ4n) is 1.97. The van der Waals surface area contributed by atoms with Crippen LogP contribution >= 0.6 is 27.3 Å². The maximum atomic E-state index is 12.2. The Balaban J connectivity index is 1.75. The summed E-state index contributed by atoms with van der Waals surface area (Å²) in [5, 5.41) is 0.732. The number of nitrogens with one attached hydrogen (secondary N) is 2. The molecule has 0 saturated heterocycles. The number of pyridine rings is 1. The van der Waals surface area contributed by atoms with Crippen molar-refractivity contribution in [1.82, 2.24) is 15.8 Å². The van der Waals surface area contributed by atoms with Crippen molar-refractivity contribution < 1.29 is 9.59 Å². The Hall–Kier alpha value is -2.25. The summed E-state index contributed by atoms with van der Waals surface area (Å²) < 4.78 is 0.851. The first-order chi connectivity index (χ1) is 10.6. The number of aromatic nitrogens is 1. The number of thiophene rings is 1. The van der Waals surface area contributed by atoms with Gasteiger partial charge in [0.15, 0.2) is 0 Å². The molecule has 0 unspecified atom stereocenters. The summed E-state index contributed by atoms with van der Waals surface area (Å²) in [6, 6.07) is 12.4. The van der Waals surface area contributed by atoms with Crippen LogP contribution in [0.3, 0.4) is 0 Å². The Morgan fingerprint density at radius 3 is 2.55 bits per heavy atom. The van der Waals surface area contributed by atoms with Crippen LogP contribution in [0.4, 0.5) is 0 Å². The van der Waals surface area contributed by atoms with Crippen molar-refractivity contribution in [2.24, 2.45) is 0 Å². The number of hydrazine groups is 1. The van der Waals surface area contributed by atoms with Crippen molar-refractivity contribution >= 4 is 50.0 Å². The number of benzene rings is 1. The van der Waals surface area contributed by atoms with Crippen LogP contribution in [0.15, 0.2) is 52.4 Å². The van der Waals surface area contributed by atoms with Crippen LogP contribution in [0.5, 0.6) is 0 Å². The molecule has 0 bridgehead atoms. The molecule has 0 aliphatic heterocycles. The molecule has 3 rings (SSSR count). The SMILES string of the molecule is O=C(NNC(=O)c1ccnc2ccccc12)c1ccc(Br)s1. The van der Waals surface area contributed by atoms with Gasteiger partial charge in [-0.3, -0.25) is 25.4 Å². The van der Waals surface area contributed by atoms with E-state index in [1.54, 1.807) is 24.4 Å². The summed E-state index contributed by atoms with van der Waals surface area (Å²) in [5.41, 5.74) is 6.01. The Labute approximate surface area is 138 Å². The summed E-state index contributed by atoms with van der Waals surface area (Å²) in [6.07, 6.45) is 1.56. The monoisotopic (exact) mass is 375 g/mol. The smallest absolute Gasteiger partial charge is 0.267 e. The maximum Gasteiger partial charge on any atom is 0.279 e. The molecule has 2 aromatic heterocycles. The minimum atomic E-state index is -0.387. The summed E-state index contributed by atoms with van der Waals surface area (Å²) in [5.74, 6) is -0.745. The van der Waals surface area contributed by atoms with E-state index < -0.39 is 0 Å². The van der Waals surface area contributed by atoms with E-state index in [9.17, 15) is 9.59 Å². The first-order valence-corrected chi connectivity index (χ1v) is 7.96. The third kappa shape index (κ3) is 3.00. The number of nitrogens with zero attached hydrogens (tertiary/aromatic N) is 1. The number of halogens is 1. The van der Waals surface area contributed by atoms with E-state index in [1.165, 1.54) is 11.3 Å². The number of para-hydroxylation sites is 1. The van der Waals surface area contributed by atoms with E-state index in [1.807, 2.05) is 24.3 Å². The molecule has 0 atom stereocenters. The molecule has 0 saturated carbocycles. The Morgan fingerprint density at radius 2 is 1.77 bits per heavy atom. The van der Waals surface area contributed by atoms with E-state index >= 15 is 0 Å². The Bertz CT molecular complexity index is 857. The minimum absolute atomic E-state index is 0.359. The van der Waals surface area contributed by atoms with Crippen molar-refractivity contribution in [3.8, 4) is 0 Å². The van der Waals surface area contributed by atoms with Crippen LogP contribution in [-0.4, -0.2) is 16.8 Å². The molecule has 3 aromatic rings. The van der Waals surface area contributed by atoms with Gasteiger partial charge in [-0.1, -0.05) is 18.2 Å². The molecule has 2 amide bonds. The molecule has 0 spiro atoms. The highest BCUT2D eigenvalue weighted by Crippen LogP contribution is 2.21. The normalized spacial score (nSPS) is 10.4. The zero-order chi connectivity index (χ0) is 15.5. The van der Waals surface area contributed by atoms with Gasteiger partial charge in [-0.15, -0.1) is 11.3 Å². The lowest BCUT2D eigenvalue weighted by Crippen LogP contribution is -2.41. The van der Waals surface area contributed by atoms with Crippen LogP contribution in [0, 0.1) is 0 Å². The van der Waals surface area contributed by atoms with Crippen LogP contribution in [0.1, 0.15) is 20.0 Å². The molecule has 1 aromatic carbocycles. The van der Waals surface area contributed by atoms with Crippen molar-refractivity contribution in [2.75, 3.05) is 0 Å². The lowest BCUT2D eigenvalue weighted by atomic mass is 10.1. The first kappa shape index (κ1) is 14.7. The lowest BCUT2D eigenvalue weighted by molar-refractivity contribution is 0.0850. The van der Waals surface area contributed by atoms with E-state index in [0.29, 0.717) is 10.4 Å². The van der Waals surface area contributed by atoms with Gasteiger partial charge < -0.3 is 0 Å². The average molecular weight is 376 g/mol. The fourth-order valence-corrected chi connectivity index (χ4v) is 3.25. The predicted molar refractivity (Wildman–Crippen MR) is 88.7 cm³/mol. The quantitative estimate of drug-likeness (QED) is 0.675. The number of hydrogen-bond donors (Lipinski definition) is 2. The summed E-state index contributed by atoms with van der Waals surface area (Å²) in [6.45, 7) is 0. The third-order valence-electron chi connectivity index (χ3n) is 2.98. The molecule has 2 N–H and O–H groups in total. The van der Waals surface area contributed by atoms with Gasteiger partial charge in [-0.05, 0) is 40.2 Å². The van der Waals surface area contributed by atoms with Gasteiger partial charge in [0.1, 0.15) is 0 Å². The van der Waals surface area contributed by atoms with Gasteiger partial charge in [0.2, 0.25) is 0 Å². The van der Waals surface area contributed by atoms with Crippen molar-refractivity contribution in [2.45, 2.75) is 0 Å². The molecule has 110 valence electrons. The third-order valence-corrected chi connectivity index (χ3v) is 4.60. The van der Waals surface area contributed by atoms with Crippen LogP contribution in [0.25, 0.3) is 10.9 Å². The molecule has 5 nitrogen and oxygen atoms in total. The molecular weight excluding hydrogens is 366 g/mol. The van der Waals surface area contributed by atoms with Crippen LogP contribution in [0.2, 0.25) is 0 Å². The summed E-state index contributed by atoms with van der Waals surface area (Å²) in [4.78, 5) is 28.9. The van der Waals surface area contributed by atoms with Crippen LogP contribution < -0.4 is 10.9 Å². The molecular formula is C15H10BrN3O2S. The highest BCUT2D eigenvalue weighted by atomic mass is 79.9. The fraction of sp³-hybridized carbons (Fsp3) is 0. The predicted octanol–water partition coefficient (Wildman–Crippen LogP) is 3.13. The highest BCUT2D eigenvalue weighted by molar-refractivity contribution is 9.11. The number of hydrogen-bond acceptors (Lipinski definition) is 4. The molecule has 0 radical (unpaired) electrons. The van der Waals surface area contributed by atoms with Gasteiger partial charge in [0.05, 0.1) is 19.7 Å². The molecule has 0 aliphatic rings. The van der Waals surface area contributed by atoms with E-state index in [2.05, 4.69) is 31.8 Å². The second kappa shape index (κ2) is 6.25. The topological polar surface area (TPSA) is 71.1 Å². The van der Waals surface area contributed by atoms with E-state index in [-0.39, 0.29) is 11.8 Å². The van der Waals surface area contributed by atoms with E-state index in [4.69, 9.17) is 0 Å². The number of amides is 2. The molecule has 7 heteroatoms. The number of carbonyl (C=O) groups is 2. The van der Waals surface area contributed by atoms with Crippen LogP contribution in [-0.2, 0) is 0 Å². The summed E-state index contributed by atoms with van der Waals surface area (Å²) >= 11 is 4.58. The Kier molecular flexibility index (Phi) is 4.17. The Morgan fingerprint density at radius 1 is 1.00 bits per heavy atom. The second-order valence-corrected chi connectivity index (χ2v) is 6.85. The zero-order valence-corrected chi connectivity index (χ0v) is 13.6. The molecule has 22 heavy (non-hydrogen) atoms. The lowest BCUT2D eigenvalue weighted by Gasteiger charge is -2.08. The number of fused-ring (bicyclic) bond motifs is 1. The second-order valence-electron chi connectivity index (χ2n) is 4.39. The van der Waals surface area contributed by atoms with E-state index in [0.717, 1.165) is 14.7 Å². The minimum Gasteiger partial charge on any atom is -0.267 e. The van der Waals surface area contributed by atoms with Gasteiger partial charge >= 0.3 is 0 Å². The molecule has 0 fully saturated rings. The van der Waals surface area contributed by atoms with Crippen molar-refractivity contribution in [3.05, 3.63) is 62.9 Å². The van der Waals surface area contributed by atoms with Gasteiger partial charge in [-0.2, -0.15) is 0 Å². The van der Waals surface area contributed by atoms with Gasteiger partial charge in [-0.25, -0.2) is 0 Å². The number of carbonyl (C=O) groups excluding carboxylic acids is 2. The maximum absolute atomic E-state index is 12.2. The number of rotatable bonds is 2.